The van der Waals surface area contributed by atoms with Gasteiger partial charge in [0.1, 0.15) is 11.3 Å². The van der Waals surface area contributed by atoms with Gasteiger partial charge in [-0.25, -0.2) is 4.52 Å². The number of anilines is 2. The third kappa shape index (κ3) is 4.27. The van der Waals surface area contributed by atoms with Crippen molar-refractivity contribution >= 4 is 34.5 Å². The van der Waals surface area contributed by atoms with E-state index in [9.17, 15) is 4.79 Å². The Morgan fingerprint density at radius 2 is 1.73 bits per heavy atom. The Hall–Kier alpha value is -4.03. The Balaban J connectivity index is 1.49. The largest absolute Gasteiger partial charge is 0.377 e. The number of hydrogen-bond acceptors (Lipinski definition) is 3. The number of carbonyl (C=O) groups excluding carboxylic acids is 1. The summed E-state index contributed by atoms with van der Waals surface area (Å²) in [5, 5.41) is 12.4. The van der Waals surface area contributed by atoms with E-state index in [-0.39, 0.29) is 5.91 Å². The van der Waals surface area contributed by atoms with Crippen LogP contribution in [0.4, 0.5) is 11.4 Å². The SMILES string of the molecule is Cc1c(Cl)cccc1NCc1nn2c(C(=O)Nc3ccccc3)c(-c3ccccc3)c3c2n1CCCC3. The molecule has 0 atom stereocenters. The highest BCUT2D eigenvalue weighted by molar-refractivity contribution is 6.31. The van der Waals surface area contributed by atoms with Crippen molar-refractivity contribution in [3.63, 3.8) is 0 Å². The second-order valence-electron chi connectivity index (χ2n) is 9.41. The van der Waals surface area contributed by atoms with Crippen LogP contribution in [0.2, 0.25) is 5.02 Å². The number of hydrogen-bond donors (Lipinski definition) is 2. The number of amides is 1. The van der Waals surface area contributed by atoms with E-state index in [0.717, 1.165) is 70.4 Å². The van der Waals surface area contributed by atoms with Crippen LogP contribution in [0, 0.1) is 6.92 Å². The number of nitrogens with zero attached hydrogens (tertiary/aromatic N) is 3. The molecule has 1 aliphatic rings. The van der Waals surface area contributed by atoms with Crippen LogP contribution in [0.3, 0.4) is 0 Å². The van der Waals surface area contributed by atoms with Gasteiger partial charge in [0, 0.05) is 34.1 Å². The summed E-state index contributed by atoms with van der Waals surface area (Å²) in [5.41, 5.74) is 7.51. The molecule has 2 aromatic heterocycles. The van der Waals surface area contributed by atoms with Crippen molar-refractivity contribution in [1.29, 1.82) is 0 Å². The van der Waals surface area contributed by atoms with E-state index in [1.807, 2.05) is 78.2 Å². The van der Waals surface area contributed by atoms with E-state index in [0.29, 0.717) is 12.2 Å². The number of benzene rings is 3. The lowest BCUT2D eigenvalue weighted by atomic mass is 9.98. The molecule has 0 saturated carbocycles. The van der Waals surface area contributed by atoms with Gasteiger partial charge >= 0.3 is 0 Å². The average Bonchev–Trinajstić information content (AvgIpc) is 3.32. The summed E-state index contributed by atoms with van der Waals surface area (Å²) in [7, 11) is 0. The third-order valence-corrected chi connectivity index (χ3v) is 7.49. The van der Waals surface area contributed by atoms with E-state index in [1.54, 1.807) is 0 Å². The number of rotatable bonds is 6. The van der Waals surface area contributed by atoms with E-state index in [4.69, 9.17) is 16.7 Å². The van der Waals surface area contributed by atoms with Crippen LogP contribution >= 0.6 is 11.6 Å². The van der Waals surface area contributed by atoms with Gasteiger partial charge in [0.05, 0.1) is 6.54 Å². The fourth-order valence-electron chi connectivity index (χ4n) is 5.25. The highest BCUT2D eigenvalue weighted by atomic mass is 35.5. The van der Waals surface area contributed by atoms with Crippen molar-refractivity contribution in [2.45, 2.75) is 39.3 Å². The molecule has 3 aromatic carbocycles. The highest BCUT2D eigenvalue weighted by Crippen LogP contribution is 2.37. The lowest BCUT2D eigenvalue weighted by Crippen LogP contribution is -2.16. The first-order chi connectivity index (χ1) is 18.1. The van der Waals surface area contributed by atoms with Crippen LogP contribution in [0.1, 0.15) is 40.3 Å². The highest BCUT2D eigenvalue weighted by Gasteiger charge is 2.30. The van der Waals surface area contributed by atoms with Crippen LogP contribution in [0.25, 0.3) is 16.8 Å². The Kier molecular flexibility index (Phi) is 6.18. The summed E-state index contributed by atoms with van der Waals surface area (Å²) in [5.74, 6) is 0.729. The zero-order chi connectivity index (χ0) is 25.4. The molecule has 0 fully saturated rings. The van der Waals surface area contributed by atoms with Crippen molar-refractivity contribution in [3.05, 3.63) is 107 Å². The first-order valence-electron chi connectivity index (χ1n) is 12.7. The molecular weight excluding hydrogens is 482 g/mol. The first kappa shape index (κ1) is 23.4. The molecule has 0 radical (unpaired) electrons. The van der Waals surface area contributed by atoms with Crippen LogP contribution in [-0.4, -0.2) is 20.1 Å². The summed E-state index contributed by atoms with van der Waals surface area (Å²) < 4.78 is 4.14. The summed E-state index contributed by atoms with van der Waals surface area (Å²) in [6, 6.07) is 25.6. The van der Waals surface area contributed by atoms with Crippen LogP contribution in [-0.2, 0) is 19.5 Å². The fourth-order valence-corrected chi connectivity index (χ4v) is 5.42. The Morgan fingerprint density at radius 1 is 0.973 bits per heavy atom. The predicted molar refractivity (Wildman–Crippen MR) is 149 cm³/mol. The molecule has 5 aromatic rings. The monoisotopic (exact) mass is 509 g/mol. The number of para-hydroxylation sites is 1. The second-order valence-corrected chi connectivity index (χ2v) is 9.82. The summed E-state index contributed by atoms with van der Waals surface area (Å²) >= 11 is 6.34. The molecule has 0 spiro atoms. The van der Waals surface area contributed by atoms with Gasteiger partial charge in [-0.05, 0) is 61.6 Å². The van der Waals surface area contributed by atoms with E-state index < -0.39 is 0 Å². The number of nitrogens with one attached hydrogen (secondary N) is 2. The van der Waals surface area contributed by atoms with Gasteiger partial charge in [0.2, 0.25) is 0 Å². The fraction of sp³-hybridized carbons (Fsp3) is 0.200. The Labute approximate surface area is 220 Å². The van der Waals surface area contributed by atoms with Gasteiger partial charge in [0.15, 0.2) is 5.82 Å². The maximum atomic E-state index is 13.8. The Bertz CT molecular complexity index is 1590. The van der Waals surface area contributed by atoms with Gasteiger partial charge in [-0.2, -0.15) is 5.10 Å². The number of halogens is 1. The molecule has 1 aliphatic heterocycles. The molecule has 37 heavy (non-hydrogen) atoms. The molecule has 1 amide bonds. The van der Waals surface area contributed by atoms with Crippen LogP contribution in [0.5, 0.6) is 0 Å². The minimum Gasteiger partial charge on any atom is -0.377 e. The van der Waals surface area contributed by atoms with Crippen molar-refractivity contribution < 1.29 is 4.79 Å². The number of aryl methyl sites for hydroxylation is 2. The predicted octanol–water partition coefficient (Wildman–Crippen LogP) is 6.97. The molecule has 0 aliphatic carbocycles. The lowest BCUT2D eigenvalue weighted by molar-refractivity contribution is 0.102. The van der Waals surface area contributed by atoms with Gasteiger partial charge in [-0.15, -0.1) is 0 Å². The average molecular weight is 510 g/mol. The molecule has 6 rings (SSSR count). The van der Waals surface area contributed by atoms with Crippen molar-refractivity contribution in [2.75, 3.05) is 10.6 Å². The molecule has 186 valence electrons. The minimum atomic E-state index is -0.165. The zero-order valence-electron chi connectivity index (χ0n) is 20.7. The molecule has 0 unspecified atom stereocenters. The van der Waals surface area contributed by atoms with E-state index in [1.165, 1.54) is 5.56 Å². The minimum absolute atomic E-state index is 0.165. The molecule has 2 N–H and O–H groups in total. The zero-order valence-corrected chi connectivity index (χ0v) is 21.4. The van der Waals surface area contributed by atoms with Gasteiger partial charge in [0.25, 0.3) is 5.91 Å². The summed E-state index contributed by atoms with van der Waals surface area (Å²) in [6.45, 7) is 3.40. The summed E-state index contributed by atoms with van der Waals surface area (Å²) in [4.78, 5) is 13.8. The number of aromatic nitrogens is 3. The van der Waals surface area contributed by atoms with Gasteiger partial charge < -0.3 is 15.2 Å². The number of carbonyl (C=O) groups is 1. The molecular formula is C30H28ClN5O. The maximum Gasteiger partial charge on any atom is 0.275 e. The van der Waals surface area contributed by atoms with E-state index in [2.05, 4.69) is 27.3 Å². The maximum absolute atomic E-state index is 13.8. The lowest BCUT2D eigenvalue weighted by Gasteiger charge is -2.12. The third-order valence-electron chi connectivity index (χ3n) is 7.08. The van der Waals surface area contributed by atoms with Gasteiger partial charge in [-0.1, -0.05) is 66.2 Å². The van der Waals surface area contributed by atoms with Crippen molar-refractivity contribution in [1.82, 2.24) is 14.2 Å². The Morgan fingerprint density at radius 3 is 2.51 bits per heavy atom. The first-order valence-corrected chi connectivity index (χ1v) is 13.0. The van der Waals surface area contributed by atoms with Crippen LogP contribution in [0.15, 0.2) is 78.9 Å². The second kappa shape index (κ2) is 9.79. The normalized spacial score (nSPS) is 12.9. The van der Waals surface area contributed by atoms with Crippen LogP contribution < -0.4 is 10.6 Å². The molecule has 6 nitrogen and oxygen atoms in total. The van der Waals surface area contributed by atoms with E-state index >= 15 is 0 Å². The molecule has 7 heteroatoms. The smallest absolute Gasteiger partial charge is 0.275 e. The van der Waals surface area contributed by atoms with Crippen molar-refractivity contribution in [2.24, 2.45) is 0 Å². The van der Waals surface area contributed by atoms with Gasteiger partial charge in [-0.3, -0.25) is 4.79 Å². The quantitative estimate of drug-likeness (QED) is 0.260. The molecule has 3 heterocycles. The summed E-state index contributed by atoms with van der Waals surface area (Å²) in [6.07, 6.45) is 3.02. The standard InChI is InChI=1S/C30H28ClN5O/c1-20-24(31)16-10-17-25(20)32-19-26-34-36-28(29(37)33-22-13-6-3-7-14-22)27(21-11-4-2-5-12-21)23-15-8-9-18-35(26)30(23)36/h2-7,10-14,16-17,32H,8-9,15,18-19H2,1H3,(H,33,37). The molecule has 0 bridgehead atoms. The molecule has 0 saturated heterocycles. The topological polar surface area (TPSA) is 63.4 Å². The van der Waals surface area contributed by atoms with Crippen molar-refractivity contribution in [3.8, 4) is 11.1 Å².